The van der Waals surface area contributed by atoms with Gasteiger partial charge in [0, 0.05) is 23.4 Å². The molecule has 1 aromatic rings. The lowest BCUT2D eigenvalue weighted by molar-refractivity contribution is -0.140. The summed E-state index contributed by atoms with van der Waals surface area (Å²) in [5.41, 5.74) is -1.43. The van der Waals surface area contributed by atoms with Crippen molar-refractivity contribution < 1.29 is 32.3 Å². The van der Waals surface area contributed by atoms with Crippen LogP contribution < -0.4 is 15.4 Å². The quantitative estimate of drug-likeness (QED) is 0.294. The number of nitrogens with one attached hydrogen (secondary N) is 3. The van der Waals surface area contributed by atoms with Crippen molar-refractivity contribution >= 4 is 50.7 Å². The molecule has 14 heteroatoms. The van der Waals surface area contributed by atoms with Gasteiger partial charge < -0.3 is 20.3 Å². The molecule has 0 spiro atoms. The molecule has 1 aromatic heterocycles. The van der Waals surface area contributed by atoms with Gasteiger partial charge in [-0.3, -0.25) is 23.9 Å². The number of thiazole rings is 1. The maximum atomic E-state index is 14.0. The standard InChI is InChI=1S/C27H37N5O7S2/c1-2-19-14-28-26(40-19)29-21-9-7-5-3-4-6-8-17-13-27(17,25(36)31-41(37,38)20-10-11-20)30-23(34)22-12-18(39-16-33)15-32(22)24(21)35/h6,8,14,16-18,20-22H,2-5,7,9-13,15H2,1H3,(H,28,29)(H,30,34)(H,31,36)/b8-6-/t17-,18-,21+,22+,27-/m1/s1. The summed E-state index contributed by atoms with van der Waals surface area (Å²) in [5, 5.41) is 6.11. The van der Waals surface area contributed by atoms with Gasteiger partial charge in [0.05, 0.1) is 11.8 Å². The number of hydrogen-bond acceptors (Lipinski definition) is 10. The first-order valence-corrected chi connectivity index (χ1v) is 16.7. The van der Waals surface area contributed by atoms with Gasteiger partial charge in [-0.05, 0) is 44.9 Å². The van der Waals surface area contributed by atoms with Crippen molar-refractivity contribution in [3.05, 3.63) is 23.2 Å². The second kappa shape index (κ2) is 12.1. The molecule has 2 aliphatic carbocycles. The summed E-state index contributed by atoms with van der Waals surface area (Å²) in [7, 11) is -3.82. The van der Waals surface area contributed by atoms with Gasteiger partial charge in [0.1, 0.15) is 23.7 Å². The lowest BCUT2D eigenvalue weighted by Crippen LogP contribution is -2.57. The smallest absolute Gasteiger partial charge is 0.293 e. The fraction of sp³-hybridized carbons (Fsp3) is 0.667. The van der Waals surface area contributed by atoms with Crippen LogP contribution in [0.1, 0.15) is 69.6 Å². The van der Waals surface area contributed by atoms with Crippen LogP contribution in [0.25, 0.3) is 0 Å². The highest BCUT2D eigenvalue weighted by Crippen LogP contribution is 2.46. The lowest BCUT2D eigenvalue weighted by Gasteiger charge is -2.29. The van der Waals surface area contributed by atoms with Gasteiger partial charge in [-0.15, -0.1) is 11.3 Å². The average molecular weight is 608 g/mol. The van der Waals surface area contributed by atoms with E-state index < -0.39 is 50.8 Å². The van der Waals surface area contributed by atoms with Crippen LogP contribution in [0, 0.1) is 5.92 Å². The lowest BCUT2D eigenvalue weighted by atomic mass is 10.1. The maximum absolute atomic E-state index is 14.0. The third kappa shape index (κ3) is 6.58. The Morgan fingerprint density at radius 1 is 1.27 bits per heavy atom. The van der Waals surface area contributed by atoms with Crippen molar-refractivity contribution in [1.82, 2.24) is 19.9 Å². The molecule has 3 N–H and O–H groups in total. The number of fused-ring (bicyclic) bond motifs is 2. The monoisotopic (exact) mass is 607 g/mol. The zero-order chi connectivity index (χ0) is 29.2. The third-order valence-corrected chi connectivity index (χ3v) is 11.2. The van der Waals surface area contributed by atoms with Crippen molar-refractivity contribution in [2.24, 2.45) is 5.92 Å². The van der Waals surface area contributed by atoms with Crippen LogP contribution in [0.4, 0.5) is 5.13 Å². The minimum atomic E-state index is -3.82. The fourth-order valence-electron chi connectivity index (χ4n) is 5.63. The number of ether oxygens (including phenoxy) is 1. The van der Waals surface area contributed by atoms with Gasteiger partial charge in [0.15, 0.2) is 5.13 Å². The number of aryl methyl sites for hydroxylation is 1. The van der Waals surface area contributed by atoms with Gasteiger partial charge >= 0.3 is 0 Å². The molecule has 2 saturated carbocycles. The van der Waals surface area contributed by atoms with Crippen LogP contribution in [-0.4, -0.2) is 78.0 Å². The summed E-state index contributed by atoms with van der Waals surface area (Å²) in [6.45, 7) is 2.36. The Hall–Kier alpha value is -3.00. The average Bonchev–Trinajstić information content (AvgIpc) is 3.82. The highest BCUT2D eigenvalue weighted by atomic mass is 32.2. The van der Waals surface area contributed by atoms with E-state index in [0.717, 1.165) is 37.0 Å². The molecule has 3 amide bonds. The Labute approximate surface area is 243 Å². The van der Waals surface area contributed by atoms with E-state index in [1.54, 1.807) is 6.20 Å². The second-order valence-corrected chi connectivity index (χ2v) is 14.4. The van der Waals surface area contributed by atoms with Crippen molar-refractivity contribution in [2.75, 3.05) is 11.9 Å². The number of allylic oxidation sites excluding steroid dienone is 1. The molecule has 5 atom stereocenters. The molecule has 12 nitrogen and oxygen atoms in total. The van der Waals surface area contributed by atoms with E-state index in [4.69, 9.17) is 4.74 Å². The molecule has 4 aliphatic rings. The normalized spacial score (nSPS) is 31.5. The molecule has 2 aliphatic heterocycles. The first-order chi connectivity index (χ1) is 19.7. The predicted molar refractivity (Wildman–Crippen MR) is 151 cm³/mol. The molecule has 5 rings (SSSR count). The predicted octanol–water partition coefficient (Wildman–Crippen LogP) is 1.63. The number of carbonyl (C=O) groups excluding carboxylic acids is 4. The highest BCUT2D eigenvalue weighted by molar-refractivity contribution is 7.91. The number of amides is 3. The van der Waals surface area contributed by atoms with Crippen molar-refractivity contribution in [1.29, 1.82) is 0 Å². The molecule has 0 aromatic carbocycles. The Morgan fingerprint density at radius 3 is 2.78 bits per heavy atom. The van der Waals surface area contributed by atoms with Crippen molar-refractivity contribution in [2.45, 2.75) is 100 Å². The minimum absolute atomic E-state index is 0.0322. The minimum Gasteiger partial charge on any atom is -0.463 e. The Morgan fingerprint density at radius 2 is 2.07 bits per heavy atom. The van der Waals surface area contributed by atoms with Crippen LogP contribution in [0.5, 0.6) is 0 Å². The van der Waals surface area contributed by atoms with Crippen LogP contribution in [-0.2, 0) is 40.4 Å². The second-order valence-electron chi connectivity index (χ2n) is 11.3. The summed E-state index contributed by atoms with van der Waals surface area (Å²) in [4.78, 5) is 59.1. The summed E-state index contributed by atoms with van der Waals surface area (Å²) in [6.07, 6.45) is 10.9. The first kappa shape index (κ1) is 29.5. The van der Waals surface area contributed by atoms with Crippen LogP contribution in [0.2, 0.25) is 0 Å². The summed E-state index contributed by atoms with van der Waals surface area (Å²) >= 11 is 1.47. The van der Waals surface area contributed by atoms with Crippen LogP contribution in [0.15, 0.2) is 18.3 Å². The van der Waals surface area contributed by atoms with E-state index in [2.05, 4.69) is 20.3 Å². The summed E-state index contributed by atoms with van der Waals surface area (Å²) < 4.78 is 32.5. The van der Waals surface area contributed by atoms with Gasteiger partial charge in [0.25, 0.3) is 12.4 Å². The molecular weight excluding hydrogens is 570 g/mol. The number of aromatic nitrogens is 1. The largest absolute Gasteiger partial charge is 0.463 e. The topological polar surface area (TPSA) is 164 Å². The maximum Gasteiger partial charge on any atom is 0.293 e. The molecule has 0 unspecified atom stereocenters. The number of rotatable bonds is 8. The zero-order valence-electron chi connectivity index (χ0n) is 23.0. The molecule has 3 fully saturated rings. The number of nitrogens with zero attached hydrogens (tertiary/aromatic N) is 2. The fourth-order valence-corrected chi connectivity index (χ4v) is 7.79. The number of hydrogen-bond donors (Lipinski definition) is 3. The Balaban J connectivity index is 1.41. The number of anilines is 1. The van der Waals surface area contributed by atoms with Crippen molar-refractivity contribution in [3.8, 4) is 0 Å². The molecule has 0 bridgehead atoms. The van der Waals surface area contributed by atoms with E-state index in [1.165, 1.54) is 16.2 Å². The van der Waals surface area contributed by atoms with Crippen LogP contribution in [0.3, 0.4) is 0 Å². The van der Waals surface area contributed by atoms with Crippen molar-refractivity contribution in [3.63, 3.8) is 0 Å². The molecule has 1 saturated heterocycles. The van der Waals surface area contributed by atoms with Crippen LogP contribution >= 0.6 is 11.3 Å². The molecule has 3 heterocycles. The number of carbonyl (C=O) groups is 4. The Bertz CT molecular complexity index is 1310. The summed E-state index contributed by atoms with van der Waals surface area (Å²) in [6, 6.07) is -1.65. The van der Waals surface area contributed by atoms with E-state index >= 15 is 0 Å². The molecule has 224 valence electrons. The third-order valence-electron chi connectivity index (χ3n) is 8.29. The SMILES string of the molecule is CCc1cnc(N[C@H]2CCCCC/C=C\[C@@H]3C[C@@]3(C(=O)NS(=O)(=O)C3CC3)NC(=O)[C@@H]3C[C@@H](OC=O)CN3C2=O)s1. The van der Waals surface area contributed by atoms with E-state index in [-0.39, 0.29) is 31.2 Å². The number of sulfonamides is 1. The van der Waals surface area contributed by atoms with E-state index in [1.807, 2.05) is 19.1 Å². The van der Waals surface area contributed by atoms with Gasteiger partial charge in [-0.2, -0.15) is 0 Å². The van der Waals surface area contributed by atoms with Gasteiger partial charge in [-0.1, -0.05) is 31.9 Å². The zero-order valence-corrected chi connectivity index (χ0v) is 24.7. The Kier molecular flexibility index (Phi) is 8.69. The molecular formula is C27H37N5O7S2. The molecule has 41 heavy (non-hydrogen) atoms. The highest BCUT2D eigenvalue weighted by Gasteiger charge is 2.62. The van der Waals surface area contributed by atoms with Gasteiger partial charge in [0.2, 0.25) is 21.8 Å². The van der Waals surface area contributed by atoms with Gasteiger partial charge in [-0.25, -0.2) is 13.4 Å². The summed E-state index contributed by atoms with van der Waals surface area (Å²) in [5.74, 6) is -2.03. The molecule has 0 radical (unpaired) electrons. The first-order valence-electron chi connectivity index (χ1n) is 14.3. The van der Waals surface area contributed by atoms with E-state index in [9.17, 15) is 27.6 Å². The van der Waals surface area contributed by atoms with E-state index in [0.29, 0.717) is 30.9 Å².